The van der Waals surface area contributed by atoms with Crippen LogP contribution >= 0.6 is 11.6 Å². The van der Waals surface area contributed by atoms with Gasteiger partial charge in [-0.1, -0.05) is 11.6 Å². The number of rotatable bonds is 5. The van der Waals surface area contributed by atoms with Crippen LogP contribution in [0.1, 0.15) is 24.3 Å². The second-order valence-corrected chi connectivity index (χ2v) is 7.12. The van der Waals surface area contributed by atoms with Crippen LogP contribution in [-0.2, 0) is 4.74 Å². The van der Waals surface area contributed by atoms with Crippen LogP contribution < -0.4 is 10.6 Å². The number of methoxy groups -OCH3 is 1. The van der Waals surface area contributed by atoms with Gasteiger partial charge in [-0.15, -0.1) is 4.80 Å². The van der Waals surface area contributed by atoms with E-state index in [2.05, 4.69) is 35.8 Å². The number of urea groups is 1. The number of nitrogens with one attached hydrogen (secondary N) is 2. The summed E-state index contributed by atoms with van der Waals surface area (Å²) < 4.78 is 5.51. The highest BCUT2D eigenvalue weighted by Crippen LogP contribution is 2.31. The Labute approximate surface area is 182 Å². The molecule has 2 amide bonds. The molecule has 158 valence electrons. The summed E-state index contributed by atoms with van der Waals surface area (Å²) in [6.45, 7) is 3.78. The first-order chi connectivity index (χ1) is 15.0. The maximum Gasteiger partial charge on any atom is 0.323 e. The number of hydrogen-bond acceptors (Lipinski definition) is 7. The van der Waals surface area contributed by atoms with Gasteiger partial charge >= 0.3 is 6.03 Å². The van der Waals surface area contributed by atoms with Crippen molar-refractivity contribution in [1.29, 1.82) is 0 Å². The molecule has 11 heteroatoms. The number of carbonyl (C=O) groups excluding carboxylic acids is 1. The number of amides is 2. The molecule has 0 aliphatic rings. The van der Waals surface area contributed by atoms with Gasteiger partial charge in [-0.3, -0.25) is 9.97 Å². The zero-order valence-corrected chi connectivity index (χ0v) is 17.8. The number of aromatic nitrogens is 6. The van der Waals surface area contributed by atoms with Crippen LogP contribution in [0.3, 0.4) is 0 Å². The monoisotopic (exact) mass is 438 g/mol. The molecule has 4 aromatic heterocycles. The summed E-state index contributed by atoms with van der Waals surface area (Å²) in [6, 6.07) is 4.85. The van der Waals surface area contributed by atoms with Crippen molar-refractivity contribution in [3.63, 3.8) is 0 Å². The molecule has 4 rings (SSSR count). The maximum atomic E-state index is 12.7. The molecule has 0 saturated carbocycles. The molecule has 31 heavy (non-hydrogen) atoms. The standard InChI is InChI=1S/C20H19ClN8O2/c1-11-4-5-15-18(26-11)17(12(2)31-3)16(10-22-15)28-20(30)27-13-8-14(21)19(23-9-13)29-24-6-7-25-29/h4-10,12H,1-3H3,(H2,27,28,30). The lowest BCUT2D eigenvalue weighted by Crippen LogP contribution is -2.21. The normalized spacial score (nSPS) is 12.0. The lowest BCUT2D eigenvalue weighted by Gasteiger charge is -2.18. The maximum absolute atomic E-state index is 12.7. The highest BCUT2D eigenvalue weighted by Gasteiger charge is 2.19. The van der Waals surface area contributed by atoms with Gasteiger partial charge in [0.1, 0.15) is 0 Å². The third-order valence-electron chi connectivity index (χ3n) is 4.59. The van der Waals surface area contributed by atoms with E-state index in [1.54, 1.807) is 19.4 Å². The van der Waals surface area contributed by atoms with Crippen molar-refractivity contribution in [2.45, 2.75) is 20.0 Å². The molecule has 2 N–H and O–H groups in total. The first-order valence-electron chi connectivity index (χ1n) is 9.35. The van der Waals surface area contributed by atoms with Crippen LogP contribution in [0.5, 0.6) is 0 Å². The lowest BCUT2D eigenvalue weighted by atomic mass is 10.1. The summed E-state index contributed by atoms with van der Waals surface area (Å²) in [4.78, 5) is 27.2. The number of halogens is 1. The smallest absolute Gasteiger partial charge is 0.323 e. The zero-order chi connectivity index (χ0) is 22.0. The van der Waals surface area contributed by atoms with E-state index in [0.717, 1.165) is 11.3 Å². The number of nitrogens with zero attached hydrogens (tertiary/aromatic N) is 6. The Morgan fingerprint density at radius 2 is 1.94 bits per heavy atom. The largest absolute Gasteiger partial charge is 0.377 e. The quantitative estimate of drug-likeness (QED) is 0.484. The Balaban J connectivity index is 1.59. The van der Waals surface area contributed by atoms with E-state index < -0.39 is 6.03 Å². The first kappa shape index (κ1) is 20.6. The zero-order valence-electron chi connectivity index (χ0n) is 17.0. The van der Waals surface area contributed by atoms with Crippen LogP contribution in [0.4, 0.5) is 16.2 Å². The Bertz CT molecular complexity index is 1250. The summed E-state index contributed by atoms with van der Waals surface area (Å²) in [5.74, 6) is 0.356. The molecule has 0 saturated heterocycles. The molecular weight excluding hydrogens is 420 g/mol. The molecule has 0 aliphatic heterocycles. The molecule has 10 nitrogen and oxygen atoms in total. The molecular formula is C20H19ClN8O2. The summed E-state index contributed by atoms with van der Waals surface area (Å²) in [5, 5.41) is 13.8. The van der Waals surface area contributed by atoms with E-state index in [1.165, 1.54) is 23.4 Å². The predicted molar refractivity (Wildman–Crippen MR) is 117 cm³/mol. The van der Waals surface area contributed by atoms with E-state index in [4.69, 9.17) is 16.3 Å². The summed E-state index contributed by atoms with van der Waals surface area (Å²) in [5.41, 5.74) is 3.87. The SMILES string of the molecule is COC(C)c1c(NC(=O)Nc2cnc(-n3nccn3)c(Cl)c2)cnc2ccc(C)nc12. The van der Waals surface area contributed by atoms with Gasteiger partial charge in [0.05, 0.1) is 58.3 Å². The number of ether oxygens (including phenoxy) is 1. The minimum atomic E-state index is -0.485. The number of pyridine rings is 3. The van der Waals surface area contributed by atoms with Crippen LogP contribution in [0.2, 0.25) is 5.02 Å². The van der Waals surface area contributed by atoms with Gasteiger partial charge in [0, 0.05) is 18.4 Å². The van der Waals surface area contributed by atoms with E-state index >= 15 is 0 Å². The van der Waals surface area contributed by atoms with Crippen LogP contribution in [0, 0.1) is 6.92 Å². The molecule has 0 aromatic carbocycles. The molecule has 0 fully saturated rings. The van der Waals surface area contributed by atoms with E-state index in [0.29, 0.717) is 28.2 Å². The van der Waals surface area contributed by atoms with Crippen molar-refractivity contribution in [1.82, 2.24) is 29.9 Å². The highest BCUT2D eigenvalue weighted by molar-refractivity contribution is 6.32. The minimum Gasteiger partial charge on any atom is -0.377 e. The van der Waals surface area contributed by atoms with Gasteiger partial charge in [-0.2, -0.15) is 10.2 Å². The average Bonchev–Trinajstić information content (AvgIpc) is 3.27. The lowest BCUT2D eigenvalue weighted by molar-refractivity contribution is 0.121. The van der Waals surface area contributed by atoms with Crippen molar-refractivity contribution >= 4 is 40.0 Å². The topological polar surface area (TPSA) is 120 Å². The third kappa shape index (κ3) is 4.30. The minimum absolute atomic E-state index is 0.287. The van der Waals surface area contributed by atoms with Crippen LogP contribution in [0.25, 0.3) is 16.9 Å². The number of fused-ring (bicyclic) bond motifs is 1. The highest BCUT2D eigenvalue weighted by atomic mass is 35.5. The van der Waals surface area contributed by atoms with Crippen LogP contribution in [0.15, 0.2) is 43.0 Å². The van der Waals surface area contributed by atoms with E-state index in [-0.39, 0.29) is 11.1 Å². The fraction of sp³-hybridized carbons (Fsp3) is 0.200. The molecule has 1 atom stereocenters. The fourth-order valence-corrected chi connectivity index (χ4v) is 3.31. The molecule has 0 bridgehead atoms. The van der Waals surface area contributed by atoms with E-state index in [1.807, 2.05) is 26.0 Å². The van der Waals surface area contributed by atoms with Gasteiger partial charge in [-0.25, -0.2) is 9.78 Å². The van der Waals surface area contributed by atoms with Gasteiger partial charge in [0.2, 0.25) is 0 Å². The summed E-state index contributed by atoms with van der Waals surface area (Å²) in [7, 11) is 1.60. The Morgan fingerprint density at radius 3 is 2.65 bits per heavy atom. The number of carbonyl (C=O) groups is 1. The molecule has 4 aromatic rings. The van der Waals surface area contributed by atoms with Crippen molar-refractivity contribution in [2.24, 2.45) is 0 Å². The fourth-order valence-electron chi connectivity index (χ4n) is 3.07. The molecule has 0 aliphatic carbocycles. The van der Waals surface area contributed by atoms with Crippen LogP contribution in [-0.4, -0.2) is 43.1 Å². The second kappa shape index (κ2) is 8.62. The molecule has 4 heterocycles. The van der Waals surface area contributed by atoms with Gasteiger partial charge < -0.3 is 15.4 Å². The average molecular weight is 439 g/mol. The summed E-state index contributed by atoms with van der Waals surface area (Å²) >= 11 is 6.26. The number of anilines is 2. The number of aryl methyl sites for hydroxylation is 1. The van der Waals surface area contributed by atoms with Gasteiger partial charge in [-0.05, 0) is 32.0 Å². The van der Waals surface area contributed by atoms with Gasteiger partial charge in [0.15, 0.2) is 5.82 Å². The van der Waals surface area contributed by atoms with Crippen molar-refractivity contribution in [3.05, 3.63) is 59.3 Å². The Kier molecular flexibility index (Phi) is 5.74. The second-order valence-electron chi connectivity index (χ2n) is 6.71. The van der Waals surface area contributed by atoms with Gasteiger partial charge in [0.25, 0.3) is 0 Å². The molecule has 0 spiro atoms. The first-order valence-corrected chi connectivity index (χ1v) is 9.73. The van der Waals surface area contributed by atoms with E-state index in [9.17, 15) is 4.79 Å². The Morgan fingerprint density at radius 1 is 1.16 bits per heavy atom. The van der Waals surface area contributed by atoms with Crippen molar-refractivity contribution in [3.8, 4) is 5.82 Å². The van der Waals surface area contributed by atoms with Crippen molar-refractivity contribution in [2.75, 3.05) is 17.7 Å². The molecule has 1 unspecified atom stereocenters. The predicted octanol–water partition coefficient (Wildman–Crippen LogP) is 3.92. The summed E-state index contributed by atoms with van der Waals surface area (Å²) in [6.07, 6.45) is 5.77. The Hall–Kier alpha value is -3.63. The third-order valence-corrected chi connectivity index (χ3v) is 4.87. The number of hydrogen-bond donors (Lipinski definition) is 2. The van der Waals surface area contributed by atoms with Crippen molar-refractivity contribution < 1.29 is 9.53 Å². The molecule has 0 radical (unpaired) electrons.